The Kier molecular flexibility index (Phi) is 7.39. The lowest BCUT2D eigenvalue weighted by molar-refractivity contribution is -0.127. The molecule has 1 heterocycles. The molecule has 1 saturated heterocycles. The molecule has 11 heteroatoms. The van der Waals surface area contributed by atoms with Crippen LogP contribution in [0.2, 0.25) is 5.02 Å². The highest BCUT2D eigenvalue weighted by Crippen LogP contribution is 2.34. The van der Waals surface area contributed by atoms with Crippen molar-refractivity contribution in [2.45, 2.75) is 0 Å². The summed E-state index contributed by atoms with van der Waals surface area (Å²) in [4.78, 5) is 49.2. The summed E-state index contributed by atoms with van der Waals surface area (Å²) in [6.07, 6.45) is 1.50. The average Bonchev–Trinajstić information content (AvgIpc) is 3.01. The number of methoxy groups -OCH3 is 1. The van der Waals surface area contributed by atoms with Gasteiger partial charge < -0.3 is 20.5 Å². The summed E-state index contributed by atoms with van der Waals surface area (Å²) in [7, 11) is 1.42. The Bertz CT molecular complexity index is 1120. The molecule has 3 rings (SSSR count). The van der Waals surface area contributed by atoms with E-state index in [0.717, 1.165) is 16.7 Å². The summed E-state index contributed by atoms with van der Waals surface area (Å²) in [6.45, 7) is -0.763. The molecular formula is C21H18ClN3O6S. The minimum atomic E-state index is -0.636. The van der Waals surface area contributed by atoms with E-state index >= 15 is 0 Å². The van der Waals surface area contributed by atoms with Crippen LogP contribution in [-0.4, -0.2) is 48.1 Å². The zero-order valence-corrected chi connectivity index (χ0v) is 18.4. The van der Waals surface area contributed by atoms with E-state index < -0.39 is 29.5 Å². The van der Waals surface area contributed by atoms with Crippen molar-refractivity contribution in [3.63, 3.8) is 0 Å². The number of rotatable bonds is 8. The molecule has 0 spiro atoms. The van der Waals surface area contributed by atoms with Crippen molar-refractivity contribution in [2.24, 2.45) is 5.73 Å². The van der Waals surface area contributed by atoms with Gasteiger partial charge in [-0.1, -0.05) is 29.8 Å². The maximum absolute atomic E-state index is 12.7. The van der Waals surface area contributed by atoms with Crippen molar-refractivity contribution < 1.29 is 28.7 Å². The highest BCUT2D eigenvalue weighted by molar-refractivity contribution is 8.18. The largest absolute Gasteiger partial charge is 0.493 e. The number of amides is 4. The molecule has 0 radical (unpaired) electrons. The monoisotopic (exact) mass is 475 g/mol. The Balaban J connectivity index is 1.71. The number of imide groups is 1. The van der Waals surface area contributed by atoms with E-state index in [9.17, 15) is 19.2 Å². The zero-order chi connectivity index (χ0) is 23.3. The van der Waals surface area contributed by atoms with Crippen LogP contribution < -0.4 is 20.5 Å². The number of hydrogen-bond donors (Lipinski definition) is 2. The number of nitrogens with two attached hydrogens (primary N) is 1. The van der Waals surface area contributed by atoms with Crippen LogP contribution in [0.4, 0.5) is 10.5 Å². The fraction of sp³-hybridized carbons (Fsp3) is 0.143. The van der Waals surface area contributed by atoms with Crippen molar-refractivity contribution in [2.75, 3.05) is 25.6 Å². The van der Waals surface area contributed by atoms with Gasteiger partial charge in [0.25, 0.3) is 17.1 Å². The molecule has 0 atom stereocenters. The summed E-state index contributed by atoms with van der Waals surface area (Å²) in [6, 6.07) is 11.4. The van der Waals surface area contributed by atoms with E-state index in [-0.39, 0.29) is 11.5 Å². The Labute approximate surface area is 192 Å². The van der Waals surface area contributed by atoms with E-state index in [2.05, 4.69) is 5.32 Å². The maximum Gasteiger partial charge on any atom is 0.294 e. The van der Waals surface area contributed by atoms with Gasteiger partial charge in [-0.2, -0.15) is 0 Å². The van der Waals surface area contributed by atoms with E-state index in [0.29, 0.717) is 27.8 Å². The molecule has 9 nitrogen and oxygen atoms in total. The topological polar surface area (TPSA) is 128 Å². The molecule has 0 unspecified atom stereocenters. The van der Waals surface area contributed by atoms with E-state index in [4.69, 9.17) is 26.8 Å². The first-order valence-electron chi connectivity index (χ1n) is 9.17. The van der Waals surface area contributed by atoms with Gasteiger partial charge in [-0.15, -0.1) is 0 Å². The molecule has 4 amide bonds. The standard InChI is InChI=1S/C21H18ClN3O6S/c1-30-16-8-12(6-7-15(16)31-11-18(23)26)9-17-20(28)25(21(29)32-17)10-19(27)24-14-5-3-2-4-13(14)22/h2-9H,10-11H2,1H3,(H2,23,26)(H,24,27). The first-order valence-corrected chi connectivity index (χ1v) is 10.4. The van der Waals surface area contributed by atoms with Gasteiger partial charge in [0.15, 0.2) is 18.1 Å². The van der Waals surface area contributed by atoms with Gasteiger partial charge in [0.05, 0.1) is 22.7 Å². The van der Waals surface area contributed by atoms with Gasteiger partial charge in [-0.25, -0.2) is 0 Å². The number of hydrogen-bond acceptors (Lipinski definition) is 7. The Hall–Kier alpha value is -3.50. The molecular weight excluding hydrogens is 458 g/mol. The molecule has 32 heavy (non-hydrogen) atoms. The Morgan fingerprint density at radius 3 is 2.62 bits per heavy atom. The Morgan fingerprint density at radius 1 is 1.19 bits per heavy atom. The zero-order valence-electron chi connectivity index (χ0n) is 16.8. The minimum Gasteiger partial charge on any atom is -0.493 e. The third-order valence-electron chi connectivity index (χ3n) is 4.18. The quantitative estimate of drug-likeness (QED) is 0.562. The predicted octanol–water partition coefficient (Wildman–Crippen LogP) is 2.89. The van der Waals surface area contributed by atoms with Crippen LogP contribution in [0.1, 0.15) is 5.56 Å². The first kappa shape index (κ1) is 23.2. The molecule has 0 aliphatic carbocycles. The van der Waals surface area contributed by atoms with Crippen LogP contribution in [0, 0.1) is 0 Å². The molecule has 2 aromatic rings. The van der Waals surface area contributed by atoms with E-state index in [1.54, 1.807) is 42.5 Å². The third-order valence-corrected chi connectivity index (χ3v) is 5.42. The first-order chi connectivity index (χ1) is 15.3. The molecule has 0 saturated carbocycles. The predicted molar refractivity (Wildman–Crippen MR) is 120 cm³/mol. The fourth-order valence-electron chi connectivity index (χ4n) is 2.73. The van der Waals surface area contributed by atoms with Crippen LogP contribution in [0.3, 0.4) is 0 Å². The minimum absolute atomic E-state index is 0.147. The van der Waals surface area contributed by atoms with Crippen LogP contribution in [0.15, 0.2) is 47.4 Å². The number of nitrogens with zero attached hydrogens (tertiary/aromatic N) is 1. The van der Waals surface area contributed by atoms with E-state index in [1.807, 2.05) is 0 Å². The number of para-hydroxylation sites is 1. The molecule has 3 N–H and O–H groups in total. The number of ether oxygens (including phenoxy) is 2. The average molecular weight is 476 g/mol. The van der Waals surface area contributed by atoms with Crippen molar-refractivity contribution in [3.8, 4) is 11.5 Å². The van der Waals surface area contributed by atoms with Crippen molar-refractivity contribution in [3.05, 3.63) is 58.0 Å². The highest BCUT2D eigenvalue weighted by atomic mass is 35.5. The summed E-state index contributed by atoms with van der Waals surface area (Å²) in [5.41, 5.74) is 6.01. The van der Waals surface area contributed by atoms with Crippen LogP contribution >= 0.6 is 23.4 Å². The molecule has 1 aliphatic rings. The van der Waals surface area contributed by atoms with Gasteiger partial charge in [0.2, 0.25) is 5.91 Å². The van der Waals surface area contributed by atoms with Crippen molar-refractivity contribution >= 4 is 58.1 Å². The van der Waals surface area contributed by atoms with E-state index in [1.165, 1.54) is 13.2 Å². The molecule has 166 valence electrons. The summed E-state index contributed by atoms with van der Waals surface area (Å²) in [5, 5.41) is 2.35. The smallest absolute Gasteiger partial charge is 0.294 e. The normalized spacial score (nSPS) is 14.6. The van der Waals surface area contributed by atoms with Crippen LogP contribution in [-0.2, 0) is 14.4 Å². The molecule has 2 aromatic carbocycles. The second-order valence-corrected chi connectivity index (χ2v) is 7.86. The summed E-state index contributed by atoms with van der Waals surface area (Å²) >= 11 is 6.73. The van der Waals surface area contributed by atoms with Gasteiger partial charge >= 0.3 is 0 Å². The summed E-state index contributed by atoms with van der Waals surface area (Å²) < 4.78 is 10.5. The molecule has 1 aliphatic heterocycles. The maximum atomic E-state index is 12.7. The van der Waals surface area contributed by atoms with Gasteiger partial charge in [0, 0.05) is 0 Å². The summed E-state index contributed by atoms with van der Waals surface area (Å²) in [5.74, 6) is -1.17. The number of thioether (sulfide) groups is 1. The highest BCUT2D eigenvalue weighted by Gasteiger charge is 2.36. The lowest BCUT2D eigenvalue weighted by Crippen LogP contribution is -2.36. The lowest BCUT2D eigenvalue weighted by atomic mass is 10.2. The van der Waals surface area contributed by atoms with Gasteiger partial charge in [0.1, 0.15) is 6.54 Å². The fourth-order valence-corrected chi connectivity index (χ4v) is 3.75. The molecule has 0 bridgehead atoms. The number of primary amides is 1. The number of benzene rings is 2. The number of carbonyl (C=O) groups excluding carboxylic acids is 4. The van der Waals surface area contributed by atoms with Crippen molar-refractivity contribution in [1.82, 2.24) is 4.90 Å². The van der Waals surface area contributed by atoms with Crippen LogP contribution in [0.5, 0.6) is 11.5 Å². The lowest BCUT2D eigenvalue weighted by Gasteiger charge is -2.13. The second-order valence-electron chi connectivity index (χ2n) is 6.46. The second kappa shape index (κ2) is 10.2. The Morgan fingerprint density at radius 2 is 1.94 bits per heavy atom. The molecule has 0 aromatic heterocycles. The number of nitrogens with one attached hydrogen (secondary N) is 1. The molecule has 1 fully saturated rings. The SMILES string of the molecule is COc1cc(C=C2SC(=O)N(CC(=O)Nc3ccccc3Cl)C2=O)ccc1OCC(N)=O. The number of carbonyl (C=O) groups is 4. The van der Waals surface area contributed by atoms with Gasteiger partial charge in [-0.05, 0) is 47.7 Å². The van der Waals surface area contributed by atoms with Crippen LogP contribution in [0.25, 0.3) is 6.08 Å². The number of anilines is 1. The third kappa shape index (κ3) is 5.59. The van der Waals surface area contributed by atoms with Crippen molar-refractivity contribution in [1.29, 1.82) is 0 Å². The number of halogens is 1. The van der Waals surface area contributed by atoms with Gasteiger partial charge in [-0.3, -0.25) is 24.1 Å².